The molecule has 3 rings (SSSR count). The summed E-state index contributed by atoms with van der Waals surface area (Å²) in [6.45, 7) is 0.0887. The second-order valence-corrected chi connectivity index (χ2v) is 8.68. The fraction of sp³-hybridized carbons (Fsp3) is 0.550. The molecule has 1 unspecified atom stereocenters. The van der Waals surface area contributed by atoms with E-state index >= 15 is 0 Å². The lowest BCUT2D eigenvalue weighted by atomic mass is 9.95. The van der Waals surface area contributed by atoms with Crippen LogP contribution in [0.4, 0.5) is 13.2 Å². The molecule has 11 heteroatoms. The molecule has 1 aromatic carbocycles. The van der Waals surface area contributed by atoms with E-state index in [9.17, 15) is 32.7 Å². The van der Waals surface area contributed by atoms with Crippen LogP contribution in [0.1, 0.15) is 35.2 Å². The van der Waals surface area contributed by atoms with Crippen molar-refractivity contribution in [3.63, 3.8) is 0 Å². The SMILES string of the molecule is CSCCC1NC2(CCN(C(=O)c3ccc(C(F)(F)F)cc3)CC2)N(CC(=O)O)C1=O. The molecule has 170 valence electrons. The maximum absolute atomic E-state index is 12.8. The summed E-state index contributed by atoms with van der Waals surface area (Å²) in [5.74, 6) is -1.00. The number of carboxylic acids is 1. The molecule has 0 radical (unpaired) electrons. The maximum Gasteiger partial charge on any atom is 0.416 e. The Morgan fingerprint density at radius 1 is 1.23 bits per heavy atom. The van der Waals surface area contributed by atoms with Gasteiger partial charge in [0.05, 0.1) is 17.3 Å². The number of hydrogen-bond acceptors (Lipinski definition) is 5. The van der Waals surface area contributed by atoms with Crippen molar-refractivity contribution in [2.24, 2.45) is 0 Å². The zero-order chi connectivity index (χ0) is 22.8. The largest absolute Gasteiger partial charge is 0.480 e. The number of piperidine rings is 1. The van der Waals surface area contributed by atoms with Crippen LogP contribution >= 0.6 is 11.8 Å². The third-order valence-corrected chi connectivity index (χ3v) is 6.41. The number of aliphatic carboxylic acids is 1. The van der Waals surface area contributed by atoms with E-state index in [1.165, 1.54) is 9.80 Å². The Balaban J connectivity index is 1.70. The first-order valence-electron chi connectivity index (χ1n) is 9.84. The third-order valence-electron chi connectivity index (χ3n) is 5.76. The highest BCUT2D eigenvalue weighted by molar-refractivity contribution is 7.98. The van der Waals surface area contributed by atoms with Gasteiger partial charge >= 0.3 is 12.1 Å². The fourth-order valence-corrected chi connectivity index (χ4v) is 4.61. The van der Waals surface area contributed by atoms with E-state index in [2.05, 4.69) is 5.32 Å². The Morgan fingerprint density at radius 2 is 1.84 bits per heavy atom. The minimum atomic E-state index is -4.47. The number of carbonyl (C=O) groups excluding carboxylic acids is 2. The summed E-state index contributed by atoms with van der Waals surface area (Å²) in [6.07, 6.45) is -1.29. The molecule has 0 bridgehead atoms. The lowest BCUT2D eigenvalue weighted by molar-refractivity contribution is -0.147. The van der Waals surface area contributed by atoms with Gasteiger partial charge in [-0.25, -0.2) is 0 Å². The number of rotatable bonds is 6. The van der Waals surface area contributed by atoms with E-state index in [0.717, 1.165) is 30.0 Å². The summed E-state index contributed by atoms with van der Waals surface area (Å²) in [7, 11) is 0. The molecule has 2 heterocycles. The van der Waals surface area contributed by atoms with Crippen LogP contribution in [0.5, 0.6) is 0 Å². The average Bonchev–Trinajstić information content (AvgIpc) is 2.97. The molecule has 2 aliphatic rings. The van der Waals surface area contributed by atoms with Crippen molar-refractivity contribution in [3.8, 4) is 0 Å². The average molecular weight is 459 g/mol. The van der Waals surface area contributed by atoms with Crippen LogP contribution in [0.2, 0.25) is 0 Å². The number of nitrogens with zero attached hydrogens (tertiary/aromatic N) is 2. The van der Waals surface area contributed by atoms with Gasteiger partial charge in [0.15, 0.2) is 0 Å². The Bertz CT molecular complexity index is 839. The van der Waals surface area contributed by atoms with Crippen molar-refractivity contribution in [1.29, 1.82) is 0 Å². The van der Waals surface area contributed by atoms with Crippen LogP contribution in [0, 0.1) is 0 Å². The molecule has 2 amide bonds. The van der Waals surface area contributed by atoms with Gasteiger partial charge in [0.25, 0.3) is 5.91 Å². The zero-order valence-electron chi connectivity index (χ0n) is 16.9. The molecule has 0 aliphatic carbocycles. The second kappa shape index (κ2) is 9.07. The van der Waals surface area contributed by atoms with Crippen molar-refractivity contribution in [2.75, 3.05) is 31.6 Å². The quantitative estimate of drug-likeness (QED) is 0.679. The van der Waals surface area contributed by atoms with Gasteiger partial charge < -0.3 is 14.9 Å². The number of alkyl halides is 3. The minimum absolute atomic E-state index is 0.152. The van der Waals surface area contributed by atoms with Crippen LogP contribution in [0.25, 0.3) is 0 Å². The van der Waals surface area contributed by atoms with Crippen LogP contribution < -0.4 is 5.32 Å². The number of halogens is 3. The van der Waals surface area contributed by atoms with Gasteiger partial charge in [0, 0.05) is 31.5 Å². The van der Waals surface area contributed by atoms with Crippen molar-refractivity contribution in [3.05, 3.63) is 35.4 Å². The van der Waals surface area contributed by atoms with Gasteiger partial charge in [0.1, 0.15) is 6.54 Å². The van der Waals surface area contributed by atoms with E-state index in [1.807, 2.05) is 6.26 Å². The highest BCUT2D eigenvalue weighted by Gasteiger charge is 2.52. The van der Waals surface area contributed by atoms with E-state index in [-0.39, 0.29) is 24.6 Å². The molecular formula is C20H24F3N3O4S. The molecule has 7 nitrogen and oxygen atoms in total. The predicted molar refractivity (Wildman–Crippen MR) is 109 cm³/mol. The second-order valence-electron chi connectivity index (χ2n) is 7.70. The molecule has 2 aliphatic heterocycles. The van der Waals surface area contributed by atoms with Gasteiger partial charge in [-0.05, 0) is 42.7 Å². The normalized spacial score (nSPS) is 21.0. The standard InChI is InChI=1S/C20H24F3N3O4S/c1-31-11-6-15-18(30)26(12-16(27)28)19(24-15)7-9-25(10-8-19)17(29)13-2-4-14(5-3-13)20(21,22)23/h2-5,15,24H,6-12H2,1H3,(H,27,28). The first-order chi connectivity index (χ1) is 14.6. The zero-order valence-corrected chi connectivity index (χ0v) is 17.8. The summed E-state index contributed by atoms with van der Waals surface area (Å²) >= 11 is 1.59. The van der Waals surface area contributed by atoms with Crippen molar-refractivity contribution in [1.82, 2.24) is 15.1 Å². The Morgan fingerprint density at radius 3 is 2.35 bits per heavy atom. The first-order valence-corrected chi connectivity index (χ1v) is 11.2. The molecule has 2 N–H and O–H groups in total. The minimum Gasteiger partial charge on any atom is -0.480 e. The number of amides is 2. The molecule has 31 heavy (non-hydrogen) atoms. The van der Waals surface area contributed by atoms with Crippen molar-refractivity contribution in [2.45, 2.75) is 37.1 Å². The summed E-state index contributed by atoms with van der Waals surface area (Å²) in [5, 5.41) is 12.6. The fourth-order valence-electron chi connectivity index (χ4n) is 4.14. The Hall–Kier alpha value is -2.27. The maximum atomic E-state index is 12.8. The number of benzene rings is 1. The Kier molecular flexibility index (Phi) is 6.85. The third kappa shape index (κ3) is 4.98. The monoisotopic (exact) mass is 459 g/mol. The van der Waals surface area contributed by atoms with Crippen LogP contribution in [0.15, 0.2) is 24.3 Å². The van der Waals surface area contributed by atoms with Gasteiger partial charge in [-0.15, -0.1) is 0 Å². The van der Waals surface area contributed by atoms with Gasteiger partial charge in [-0.2, -0.15) is 24.9 Å². The highest BCUT2D eigenvalue weighted by Crippen LogP contribution is 2.34. The summed E-state index contributed by atoms with van der Waals surface area (Å²) in [6, 6.07) is 3.59. The van der Waals surface area contributed by atoms with Gasteiger partial charge in [-0.3, -0.25) is 19.7 Å². The summed E-state index contributed by atoms with van der Waals surface area (Å²) in [5.41, 5.74) is -1.51. The number of carbonyl (C=O) groups is 3. The van der Waals surface area contributed by atoms with Crippen LogP contribution in [0.3, 0.4) is 0 Å². The van der Waals surface area contributed by atoms with Crippen molar-refractivity contribution >= 4 is 29.5 Å². The smallest absolute Gasteiger partial charge is 0.416 e. The summed E-state index contributed by atoms with van der Waals surface area (Å²) < 4.78 is 38.2. The lowest BCUT2D eigenvalue weighted by Gasteiger charge is -2.44. The van der Waals surface area contributed by atoms with E-state index in [1.54, 1.807) is 11.8 Å². The number of carboxylic acid groups (broad SMARTS) is 1. The first kappa shape index (κ1) is 23.4. The molecule has 0 aromatic heterocycles. The molecule has 1 spiro atoms. The molecule has 1 atom stereocenters. The van der Waals surface area contributed by atoms with Gasteiger partial charge in [0.2, 0.25) is 5.91 Å². The topological polar surface area (TPSA) is 90.0 Å². The van der Waals surface area contributed by atoms with Crippen LogP contribution in [-0.2, 0) is 15.8 Å². The van der Waals surface area contributed by atoms with E-state index < -0.39 is 41.9 Å². The van der Waals surface area contributed by atoms with E-state index in [0.29, 0.717) is 19.3 Å². The Labute approximate surface area is 181 Å². The molecule has 0 saturated carbocycles. The predicted octanol–water partition coefficient (Wildman–Crippen LogP) is 2.28. The number of hydrogen-bond donors (Lipinski definition) is 2. The summed E-state index contributed by atoms with van der Waals surface area (Å²) in [4.78, 5) is 39.7. The highest BCUT2D eigenvalue weighted by atomic mass is 32.2. The molecular weight excluding hydrogens is 435 g/mol. The number of likely N-dealkylation sites (tertiary alicyclic amines) is 1. The van der Waals surface area contributed by atoms with Crippen molar-refractivity contribution < 1.29 is 32.7 Å². The van der Waals surface area contributed by atoms with Gasteiger partial charge in [-0.1, -0.05) is 0 Å². The van der Waals surface area contributed by atoms with Crippen LogP contribution in [-0.4, -0.2) is 76.0 Å². The molecule has 1 aromatic rings. The number of thioether (sulfide) groups is 1. The van der Waals surface area contributed by atoms with E-state index in [4.69, 9.17) is 0 Å². The molecule has 2 fully saturated rings. The lowest BCUT2D eigenvalue weighted by Crippen LogP contribution is -2.60. The molecule has 2 saturated heterocycles. The number of nitrogens with one attached hydrogen (secondary N) is 1.